The number of non-ortho nitro benzene ring substituents is 1. The molecule has 7 nitrogen and oxygen atoms in total. The average molecular weight is 316 g/mol. The summed E-state index contributed by atoms with van der Waals surface area (Å²) >= 11 is 0. The molecule has 0 aliphatic carbocycles. The van der Waals surface area contributed by atoms with Gasteiger partial charge in [-0.1, -0.05) is 19.9 Å². The van der Waals surface area contributed by atoms with Crippen LogP contribution in [0.3, 0.4) is 0 Å². The zero-order valence-electron chi connectivity index (χ0n) is 12.2. The van der Waals surface area contributed by atoms with Gasteiger partial charge >= 0.3 is 0 Å². The monoisotopic (exact) mass is 316 g/mol. The van der Waals surface area contributed by atoms with Crippen molar-refractivity contribution < 1.29 is 18.4 Å². The van der Waals surface area contributed by atoms with Crippen molar-refractivity contribution in [2.75, 3.05) is 6.54 Å². The number of hydrogen-bond donors (Lipinski definition) is 2. The van der Waals surface area contributed by atoms with Crippen LogP contribution in [0, 0.1) is 16.0 Å². The van der Waals surface area contributed by atoms with Crippen molar-refractivity contribution in [3.63, 3.8) is 0 Å². The van der Waals surface area contributed by atoms with E-state index < -0.39 is 20.5 Å². The highest BCUT2D eigenvalue weighted by Gasteiger charge is 2.25. The molecule has 8 heteroatoms. The maximum Gasteiger partial charge on any atom is 0.270 e. The molecular weight excluding hydrogens is 296 g/mol. The van der Waals surface area contributed by atoms with E-state index in [2.05, 4.69) is 4.72 Å². The highest BCUT2D eigenvalue weighted by Crippen LogP contribution is 2.19. The summed E-state index contributed by atoms with van der Waals surface area (Å²) in [5.74, 6) is 0.210. The molecule has 1 atom stereocenters. The molecule has 0 aliphatic heterocycles. The van der Waals surface area contributed by atoms with Gasteiger partial charge in [-0.25, -0.2) is 13.1 Å². The molecule has 0 saturated carbocycles. The van der Waals surface area contributed by atoms with Gasteiger partial charge in [0.15, 0.2) is 0 Å². The maximum absolute atomic E-state index is 12.1. The van der Waals surface area contributed by atoms with Crippen LogP contribution in [-0.2, 0) is 10.0 Å². The van der Waals surface area contributed by atoms with Crippen molar-refractivity contribution in [3.05, 3.63) is 34.4 Å². The Balaban J connectivity index is 2.87. The zero-order valence-corrected chi connectivity index (χ0v) is 13.1. The maximum atomic E-state index is 12.1. The summed E-state index contributed by atoms with van der Waals surface area (Å²) in [4.78, 5) is 9.81. The van der Waals surface area contributed by atoms with Crippen LogP contribution in [0.2, 0.25) is 0 Å². The van der Waals surface area contributed by atoms with Crippen LogP contribution < -0.4 is 4.72 Å². The molecule has 0 saturated heterocycles. The Kier molecular flexibility index (Phi) is 5.43. The van der Waals surface area contributed by atoms with E-state index in [0.29, 0.717) is 6.42 Å². The highest BCUT2D eigenvalue weighted by atomic mass is 32.2. The first-order valence-electron chi connectivity index (χ1n) is 6.50. The third-order valence-electron chi connectivity index (χ3n) is 2.83. The number of rotatable bonds is 7. The number of aliphatic hydroxyl groups is 1. The van der Waals surface area contributed by atoms with Crippen LogP contribution in [-0.4, -0.2) is 30.6 Å². The first-order valence-corrected chi connectivity index (χ1v) is 7.98. The molecule has 1 aromatic carbocycles. The molecule has 2 N–H and O–H groups in total. The van der Waals surface area contributed by atoms with E-state index in [1.807, 2.05) is 13.8 Å². The molecular formula is C13H20N2O5S. The quantitative estimate of drug-likeness (QED) is 0.587. The minimum absolute atomic E-state index is 0.157. The van der Waals surface area contributed by atoms with E-state index in [1.165, 1.54) is 18.2 Å². The fourth-order valence-corrected chi connectivity index (χ4v) is 3.25. The van der Waals surface area contributed by atoms with E-state index in [4.69, 9.17) is 0 Å². The molecule has 0 bridgehead atoms. The molecule has 0 fully saturated rings. The largest absolute Gasteiger partial charge is 0.389 e. The molecule has 1 unspecified atom stereocenters. The smallest absolute Gasteiger partial charge is 0.270 e. The predicted molar refractivity (Wildman–Crippen MR) is 78.4 cm³/mol. The van der Waals surface area contributed by atoms with E-state index in [9.17, 15) is 23.6 Å². The standard InChI is InChI=1S/C13H20N2O5S/c1-10(2)8-13(3,16)9-14-21(19,20)12-6-4-5-11(7-12)15(17)18/h4-7,10,14,16H,8-9H2,1-3H3. The number of hydrogen-bond acceptors (Lipinski definition) is 5. The summed E-state index contributed by atoms with van der Waals surface area (Å²) in [7, 11) is -3.90. The minimum Gasteiger partial charge on any atom is -0.389 e. The summed E-state index contributed by atoms with van der Waals surface area (Å²) in [6, 6.07) is 4.78. The lowest BCUT2D eigenvalue weighted by molar-refractivity contribution is -0.385. The van der Waals surface area contributed by atoms with Gasteiger partial charge in [-0.05, 0) is 25.3 Å². The molecule has 0 heterocycles. The Morgan fingerprint density at radius 2 is 2.05 bits per heavy atom. The zero-order chi connectivity index (χ0) is 16.3. The number of benzene rings is 1. The number of nitrogens with zero attached hydrogens (tertiary/aromatic N) is 1. The van der Waals surface area contributed by atoms with Gasteiger partial charge in [0, 0.05) is 18.7 Å². The Hall–Kier alpha value is -1.51. The van der Waals surface area contributed by atoms with Gasteiger partial charge in [-0.2, -0.15) is 0 Å². The summed E-state index contributed by atoms with van der Waals surface area (Å²) in [5, 5.41) is 20.8. The van der Waals surface area contributed by atoms with E-state index in [1.54, 1.807) is 6.92 Å². The van der Waals surface area contributed by atoms with Gasteiger partial charge in [-0.3, -0.25) is 10.1 Å². The van der Waals surface area contributed by atoms with Gasteiger partial charge in [0.05, 0.1) is 15.4 Å². The molecule has 0 radical (unpaired) electrons. The molecule has 0 aromatic heterocycles. The first kappa shape index (κ1) is 17.5. The number of nitro groups is 1. The van der Waals surface area contributed by atoms with Gasteiger partial charge in [0.2, 0.25) is 10.0 Å². The normalized spacial score (nSPS) is 14.9. The van der Waals surface area contributed by atoms with E-state index >= 15 is 0 Å². The predicted octanol–water partition coefficient (Wildman–Crippen LogP) is 1.67. The van der Waals surface area contributed by atoms with E-state index in [0.717, 1.165) is 6.07 Å². The number of nitrogens with one attached hydrogen (secondary N) is 1. The lowest BCUT2D eigenvalue weighted by atomic mass is 9.95. The Morgan fingerprint density at radius 3 is 2.57 bits per heavy atom. The summed E-state index contributed by atoms with van der Waals surface area (Å²) in [5.41, 5.74) is -1.48. The van der Waals surface area contributed by atoms with Crippen LogP contribution in [0.15, 0.2) is 29.2 Å². The summed E-state index contributed by atoms with van der Waals surface area (Å²) in [6.07, 6.45) is 0.435. The molecule has 0 spiro atoms. The second kappa shape index (κ2) is 6.50. The van der Waals surface area contributed by atoms with Crippen molar-refractivity contribution in [1.82, 2.24) is 4.72 Å². The highest BCUT2D eigenvalue weighted by molar-refractivity contribution is 7.89. The minimum atomic E-state index is -3.90. The number of sulfonamides is 1. The SMILES string of the molecule is CC(C)CC(C)(O)CNS(=O)(=O)c1cccc([N+](=O)[O-])c1. The van der Waals surface area contributed by atoms with Gasteiger partial charge < -0.3 is 5.11 Å². The van der Waals surface area contributed by atoms with Crippen LogP contribution in [0.1, 0.15) is 27.2 Å². The molecule has 0 aliphatic rings. The molecule has 1 aromatic rings. The van der Waals surface area contributed by atoms with Gasteiger partial charge in [0.25, 0.3) is 5.69 Å². The summed E-state index contributed by atoms with van der Waals surface area (Å²) < 4.78 is 26.5. The Bertz CT molecular complexity index is 611. The van der Waals surface area contributed by atoms with Crippen LogP contribution in [0.5, 0.6) is 0 Å². The Morgan fingerprint density at radius 1 is 1.43 bits per heavy atom. The topological polar surface area (TPSA) is 110 Å². The molecule has 118 valence electrons. The Labute approximate surface area is 124 Å². The lowest BCUT2D eigenvalue weighted by Gasteiger charge is -2.25. The van der Waals surface area contributed by atoms with Gasteiger partial charge in [0.1, 0.15) is 0 Å². The van der Waals surface area contributed by atoms with E-state index in [-0.39, 0.29) is 23.0 Å². The summed E-state index contributed by atoms with van der Waals surface area (Å²) in [6.45, 7) is 5.23. The first-order chi connectivity index (χ1) is 9.53. The van der Waals surface area contributed by atoms with Crippen molar-refractivity contribution >= 4 is 15.7 Å². The average Bonchev–Trinajstić information content (AvgIpc) is 2.35. The second-order valence-electron chi connectivity index (χ2n) is 5.67. The lowest BCUT2D eigenvalue weighted by Crippen LogP contribution is -2.41. The number of nitro benzene ring substituents is 1. The van der Waals surface area contributed by atoms with Gasteiger partial charge in [-0.15, -0.1) is 0 Å². The van der Waals surface area contributed by atoms with Crippen molar-refractivity contribution in [3.8, 4) is 0 Å². The van der Waals surface area contributed by atoms with Crippen molar-refractivity contribution in [2.45, 2.75) is 37.7 Å². The van der Waals surface area contributed by atoms with Crippen LogP contribution in [0.25, 0.3) is 0 Å². The molecule has 0 amide bonds. The van der Waals surface area contributed by atoms with Crippen molar-refractivity contribution in [2.24, 2.45) is 5.92 Å². The molecule has 1 rings (SSSR count). The fourth-order valence-electron chi connectivity index (χ4n) is 2.05. The third-order valence-corrected chi connectivity index (χ3v) is 4.23. The van der Waals surface area contributed by atoms with Crippen molar-refractivity contribution in [1.29, 1.82) is 0 Å². The third kappa shape index (κ3) is 5.41. The van der Waals surface area contributed by atoms with Crippen LogP contribution >= 0.6 is 0 Å². The fraction of sp³-hybridized carbons (Fsp3) is 0.538. The molecule has 21 heavy (non-hydrogen) atoms. The second-order valence-corrected chi connectivity index (χ2v) is 7.44. The van der Waals surface area contributed by atoms with Crippen LogP contribution in [0.4, 0.5) is 5.69 Å².